The van der Waals surface area contributed by atoms with Gasteiger partial charge in [0.15, 0.2) is 0 Å². The van der Waals surface area contributed by atoms with E-state index in [9.17, 15) is 18.0 Å². The van der Waals surface area contributed by atoms with E-state index in [1.807, 2.05) is 0 Å². The fourth-order valence-corrected chi connectivity index (χ4v) is 1.87. The Morgan fingerprint density at radius 2 is 1.76 bits per heavy atom. The number of hydrogen-bond acceptors (Lipinski definition) is 2. The van der Waals surface area contributed by atoms with Gasteiger partial charge in [-0.15, -0.1) is 0 Å². The van der Waals surface area contributed by atoms with Crippen LogP contribution >= 0.6 is 0 Å². The summed E-state index contributed by atoms with van der Waals surface area (Å²) < 4.78 is 41.8. The molecule has 5 heteroatoms. The van der Waals surface area contributed by atoms with Gasteiger partial charge in [-0.25, -0.2) is 0 Å². The maximum atomic E-state index is 12.1. The SMILES string of the molecule is CCCCCCOc1ccc(CCC(=O)C(F)(F)F)cc1. The number of benzene rings is 1. The lowest BCUT2D eigenvalue weighted by molar-refractivity contribution is -0.171. The van der Waals surface area contributed by atoms with Gasteiger partial charge in [-0.1, -0.05) is 38.3 Å². The van der Waals surface area contributed by atoms with Gasteiger partial charge >= 0.3 is 6.18 Å². The van der Waals surface area contributed by atoms with Crippen LogP contribution in [0, 0.1) is 0 Å². The Kier molecular flexibility index (Phi) is 7.26. The van der Waals surface area contributed by atoms with E-state index in [1.54, 1.807) is 24.3 Å². The average molecular weight is 302 g/mol. The van der Waals surface area contributed by atoms with Crippen molar-refractivity contribution in [1.82, 2.24) is 0 Å². The van der Waals surface area contributed by atoms with Gasteiger partial charge in [-0.3, -0.25) is 4.79 Å². The van der Waals surface area contributed by atoms with E-state index in [0.717, 1.165) is 12.8 Å². The molecular weight excluding hydrogens is 281 g/mol. The molecule has 0 bridgehead atoms. The van der Waals surface area contributed by atoms with E-state index in [0.29, 0.717) is 17.9 Å². The Labute approximate surface area is 123 Å². The number of Topliss-reactive ketones (excluding diaryl/α,β-unsaturated/α-hetero) is 1. The van der Waals surface area contributed by atoms with Crippen LogP contribution in [0.5, 0.6) is 5.75 Å². The molecule has 21 heavy (non-hydrogen) atoms. The zero-order chi connectivity index (χ0) is 15.7. The molecule has 0 unspecified atom stereocenters. The van der Waals surface area contributed by atoms with Crippen molar-refractivity contribution >= 4 is 5.78 Å². The van der Waals surface area contributed by atoms with Crippen LogP contribution in [0.15, 0.2) is 24.3 Å². The molecule has 0 amide bonds. The first-order valence-corrected chi connectivity index (χ1v) is 7.25. The van der Waals surface area contributed by atoms with Crippen LogP contribution in [0.25, 0.3) is 0 Å². The maximum absolute atomic E-state index is 12.1. The number of halogens is 3. The number of ether oxygens (including phenoxy) is 1. The molecular formula is C16H21F3O2. The van der Waals surface area contributed by atoms with Crippen molar-refractivity contribution in [2.24, 2.45) is 0 Å². The van der Waals surface area contributed by atoms with E-state index in [-0.39, 0.29) is 6.42 Å². The van der Waals surface area contributed by atoms with Gasteiger partial charge in [0.1, 0.15) is 5.75 Å². The van der Waals surface area contributed by atoms with Crippen LogP contribution in [-0.2, 0) is 11.2 Å². The van der Waals surface area contributed by atoms with Gasteiger partial charge in [0.2, 0.25) is 5.78 Å². The summed E-state index contributed by atoms with van der Waals surface area (Å²) in [5.41, 5.74) is 0.700. The lowest BCUT2D eigenvalue weighted by Crippen LogP contribution is -2.22. The molecule has 1 aromatic rings. The van der Waals surface area contributed by atoms with Gasteiger partial charge in [0.25, 0.3) is 0 Å². The highest BCUT2D eigenvalue weighted by Gasteiger charge is 2.37. The van der Waals surface area contributed by atoms with E-state index >= 15 is 0 Å². The molecule has 0 atom stereocenters. The molecule has 2 nitrogen and oxygen atoms in total. The van der Waals surface area contributed by atoms with Crippen molar-refractivity contribution in [3.05, 3.63) is 29.8 Å². The molecule has 0 spiro atoms. The molecule has 0 aromatic heterocycles. The predicted molar refractivity (Wildman–Crippen MR) is 75.5 cm³/mol. The number of alkyl halides is 3. The zero-order valence-electron chi connectivity index (χ0n) is 12.2. The summed E-state index contributed by atoms with van der Waals surface area (Å²) in [6.07, 6.45) is -0.665. The molecule has 1 aromatic carbocycles. The summed E-state index contributed by atoms with van der Waals surface area (Å²) in [4.78, 5) is 10.8. The molecule has 0 saturated heterocycles. The molecule has 0 saturated carbocycles. The molecule has 0 N–H and O–H groups in total. The van der Waals surface area contributed by atoms with Crippen LogP contribution in [-0.4, -0.2) is 18.6 Å². The normalized spacial score (nSPS) is 11.4. The van der Waals surface area contributed by atoms with Gasteiger partial charge in [0, 0.05) is 6.42 Å². The highest BCUT2D eigenvalue weighted by Crippen LogP contribution is 2.20. The van der Waals surface area contributed by atoms with Gasteiger partial charge in [-0.05, 0) is 30.5 Å². The number of carbonyl (C=O) groups is 1. The summed E-state index contributed by atoms with van der Waals surface area (Å²) in [5, 5.41) is 0. The van der Waals surface area contributed by atoms with Crippen LogP contribution in [0.4, 0.5) is 13.2 Å². The minimum absolute atomic E-state index is 0.0924. The molecule has 0 aliphatic rings. The largest absolute Gasteiger partial charge is 0.494 e. The average Bonchev–Trinajstić information content (AvgIpc) is 2.44. The van der Waals surface area contributed by atoms with Gasteiger partial charge in [-0.2, -0.15) is 13.2 Å². The zero-order valence-corrected chi connectivity index (χ0v) is 12.2. The first kappa shape index (κ1) is 17.5. The number of unbranched alkanes of at least 4 members (excludes halogenated alkanes) is 3. The number of aryl methyl sites for hydroxylation is 1. The fourth-order valence-electron chi connectivity index (χ4n) is 1.87. The van der Waals surface area contributed by atoms with Crippen molar-refractivity contribution in [2.75, 3.05) is 6.61 Å². The third kappa shape index (κ3) is 7.16. The minimum Gasteiger partial charge on any atom is -0.494 e. The summed E-state index contributed by atoms with van der Waals surface area (Å²) in [5.74, 6) is -0.976. The van der Waals surface area contributed by atoms with E-state index in [1.165, 1.54) is 12.8 Å². The Morgan fingerprint density at radius 3 is 2.33 bits per heavy atom. The number of hydrogen-bond donors (Lipinski definition) is 0. The summed E-state index contributed by atoms with van der Waals surface area (Å²) in [6.45, 7) is 2.79. The molecule has 0 aliphatic carbocycles. The first-order chi connectivity index (χ1) is 9.93. The van der Waals surface area contributed by atoms with Crippen molar-refractivity contribution in [3.8, 4) is 5.75 Å². The van der Waals surface area contributed by atoms with Gasteiger partial charge < -0.3 is 4.74 Å². The van der Waals surface area contributed by atoms with Crippen molar-refractivity contribution in [1.29, 1.82) is 0 Å². The second-order valence-electron chi connectivity index (χ2n) is 4.97. The van der Waals surface area contributed by atoms with E-state index < -0.39 is 18.4 Å². The molecule has 0 fully saturated rings. The summed E-state index contributed by atoms with van der Waals surface area (Å²) in [7, 11) is 0. The van der Waals surface area contributed by atoms with Crippen LogP contribution in [0.1, 0.15) is 44.6 Å². The molecule has 0 aliphatic heterocycles. The van der Waals surface area contributed by atoms with Crippen molar-refractivity contribution in [2.45, 2.75) is 51.6 Å². The highest BCUT2D eigenvalue weighted by atomic mass is 19.4. The molecule has 1 rings (SSSR count). The van der Waals surface area contributed by atoms with Crippen LogP contribution in [0.2, 0.25) is 0 Å². The number of rotatable bonds is 9. The summed E-state index contributed by atoms with van der Waals surface area (Å²) >= 11 is 0. The second kappa shape index (κ2) is 8.70. The fraction of sp³-hybridized carbons (Fsp3) is 0.562. The first-order valence-electron chi connectivity index (χ1n) is 7.25. The maximum Gasteiger partial charge on any atom is 0.449 e. The monoisotopic (exact) mass is 302 g/mol. The highest BCUT2D eigenvalue weighted by molar-refractivity contribution is 5.84. The smallest absolute Gasteiger partial charge is 0.449 e. The van der Waals surface area contributed by atoms with Crippen LogP contribution in [0.3, 0.4) is 0 Å². The second-order valence-corrected chi connectivity index (χ2v) is 4.97. The Bertz CT molecular complexity index is 424. The Balaban J connectivity index is 2.32. The number of ketones is 1. The quantitative estimate of drug-likeness (QED) is 0.617. The molecule has 0 radical (unpaired) electrons. The predicted octanol–water partition coefficient (Wildman–Crippen LogP) is 4.71. The molecule has 118 valence electrons. The standard InChI is InChI=1S/C16H21F3O2/c1-2-3-4-5-12-21-14-9-6-13(7-10-14)8-11-15(20)16(17,18)19/h6-7,9-10H,2-5,8,11-12H2,1H3. The summed E-state index contributed by atoms with van der Waals surface area (Å²) in [6, 6.07) is 6.86. The lowest BCUT2D eigenvalue weighted by atomic mass is 10.1. The van der Waals surface area contributed by atoms with Crippen LogP contribution < -0.4 is 4.74 Å². The van der Waals surface area contributed by atoms with Gasteiger partial charge in [0.05, 0.1) is 6.61 Å². The lowest BCUT2D eigenvalue weighted by Gasteiger charge is -2.08. The van der Waals surface area contributed by atoms with Crippen molar-refractivity contribution < 1.29 is 22.7 Å². The van der Waals surface area contributed by atoms with E-state index in [2.05, 4.69) is 6.92 Å². The minimum atomic E-state index is -4.73. The van der Waals surface area contributed by atoms with Crippen molar-refractivity contribution in [3.63, 3.8) is 0 Å². The Hall–Kier alpha value is -1.52. The third-order valence-electron chi connectivity index (χ3n) is 3.15. The number of carbonyl (C=O) groups excluding carboxylic acids is 1. The Morgan fingerprint density at radius 1 is 1.10 bits per heavy atom. The third-order valence-corrected chi connectivity index (χ3v) is 3.15. The topological polar surface area (TPSA) is 26.3 Å². The molecule has 0 heterocycles. The van der Waals surface area contributed by atoms with E-state index in [4.69, 9.17) is 4.74 Å².